The lowest BCUT2D eigenvalue weighted by Crippen LogP contribution is -2.54. The predicted molar refractivity (Wildman–Crippen MR) is 118 cm³/mol. The molecule has 1 saturated carbocycles. The lowest BCUT2D eigenvalue weighted by Gasteiger charge is -2.44. The van der Waals surface area contributed by atoms with Gasteiger partial charge >= 0.3 is 0 Å². The van der Waals surface area contributed by atoms with Crippen LogP contribution in [-0.2, 0) is 19.1 Å². The monoisotopic (exact) mass is 468 g/mol. The molecule has 2 N–H and O–H groups in total. The Morgan fingerprint density at radius 1 is 1.18 bits per heavy atom. The van der Waals surface area contributed by atoms with E-state index in [2.05, 4.69) is 0 Å². The number of carbonyl (C=O) groups is 2. The zero-order valence-corrected chi connectivity index (χ0v) is 18.4. The van der Waals surface area contributed by atoms with Gasteiger partial charge in [-0.2, -0.15) is 0 Å². The Bertz CT molecular complexity index is 1150. The Balaban J connectivity index is 1.52. The summed E-state index contributed by atoms with van der Waals surface area (Å²) in [4.78, 5) is 38.6. The second kappa shape index (κ2) is 8.15. The molecule has 1 aliphatic carbocycles. The predicted octanol–water partition coefficient (Wildman–Crippen LogP) is 2.54. The first-order valence-electron chi connectivity index (χ1n) is 11.0. The van der Waals surface area contributed by atoms with Gasteiger partial charge in [-0.1, -0.05) is 18.2 Å². The first-order valence-corrected chi connectivity index (χ1v) is 11.0. The highest BCUT2D eigenvalue weighted by Crippen LogP contribution is 2.58. The van der Waals surface area contributed by atoms with Gasteiger partial charge in [-0.15, -0.1) is 0 Å². The van der Waals surface area contributed by atoms with Crippen LogP contribution in [0.1, 0.15) is 24.5 Å². The number of aromatic hydroxyl groups is 1. The molecule has 0 aromatic heterocycles. The highest BCUT2D eigenvalue weighted by atomic mass is 16.6. The number of amides is 2. The fourth-order valence-corrected chi connectivity index (χ4v) is 5.77. The van der Waals surface area contributed by atoms with Crippen LogP contribution in [0, 0.1) is 33.8 Å². The van der Waals surface area contributed by atoms with Crippen LogP contribution < -0.4 is 4.90 Å². The molecule has 2 aromatic rings. The number of non-ortho nitro benzene ring substituents is 1. The van der Waals surface area contributed by atoms with Crippen LogP contribution in [0.2, 0.25) is 0 Å². The SMILES string of the molecule is COC[C@H]1C[C@@H]2C(=O)N(c3cccc([N+](=O)[O-])c3)C(=O)[C@@H]2[C@@H]2C[C@@H](c3ccc(O)cc3)O[C@]12O. The molecule has 3 fully saturated rings. The molecular formula is C24H24N2O8. The van der Waals surface area contributed by atoms with Crippen molar-refractivity contribution in [2.24, 2.45) is 23.7 Å². The third-order valence-electron chi connectivity index (χ3n) is 7.30. The number of imide groups is 1. The van der Waals surface area contributed by atoms with E-state index in [9.17, 15) is 29.9 Å². The van der Waals surface area contributed by atoms with Crippen LogP contribution in [0.15, 0.2) is 48.5 Å². The minimum atomic E-state index is -1.69. The Hall–Kier alpha value is -3.34. The van der Waals surface area contributed by atoms with E-state index in [-0.39, 0.29) is 30.2 Å². The number of hydrogen-bond acceptors (Lipinski definition) is 8. The fraction of sp³-hybridized carbons (Fsp3) is 0.417. The molecule has 0 radical (unpaired) electrons. The Morgan fingerprint density at radius 3 is 2.59 bits per heavy atom. The van der Waals surface area contributed by atoms with Gasteiger partial charge in [0.15, 0.2) is 5.79 Å². The number of nitro benzene ring substituents is 1. The number of carbonyl (C=O) groups excluding carboxylic acids is 2. The average molecular weight is 468 g/mol. The summed E-state index contributed by atoms with van der Waals surface area (Å²) >= 11 is 0. The number of benzene rings is 2. The number of rotatable bonds is 5. The van der Waals surface area contributed by atoms with Gasteiger partial charge in [0.25, 0.3) is 5.69 Å². The second-order valence-electron chi connectivity index (χ2n) is 9.10. The van der Waals surface area contributed by atoms with E-state index < -0.39 is 52.3 Å². The van der Waals surface area contributed by atoms with Gasteiger partial charge in [0.05, 0.1) is 35.2 Å². The van der Waals surface area contributed by atoms with Gasteiger partial charge < -0.3 is 19.7 Å². The standard InChI is InChI=1S/C24H24N2O8/c1-33-12-14-9-18-21(19-11-20(34-24(14,19)30)13-5-7-17(27)8-6-13)23(29)25(22(18)28)15-3-2-4-16(10-15)26(31)32/h2-8,10,14,18-21,27,30H,9,11-12H2,1H3/t14-,18+,19+,20+,21+,24-/m1/s1. The van der Waals surface area contributed by atoms with Crippen molar-refractivity contribution in [3.63, 3.8) is 0 Å². The van der Waals surface area contributed by atoms with Gasteiger partial charge in [0.2, 0.25) is 11.8 Å². The van der Waals surface area contributed by atoms with Crippen molar-refractivity contribution in [2.45, 2.75) is 24.7 Å². The van der Waals surface area contributed by atoms with Gasteiger partial charge in [0, 0.05) is 31.1 Å². The quantitative estimate of drug-likeness (QED) is 0.388. The maximum Gasteiger partial charge on any atom is 0.271 e. The van der Waals surface area contributed by atoms with E-state index in [0.29, 0.717) is 6.42 Å². The number of hydrogen-bond donors (Lipinski definition) is 2. The maximum absolute atomic E-state index is 13.6. The van der Waals surface area contributed by atoms with Gasteiger partial charge in [-0.25, -0.2) is 4.90 Å². The second-order valence-corrected chi connectivity index (χ2v) is 9.10. The number of phenolic OH excluding ortho intramolecular Hbond substituents is 1. The van der Waals surface area contributed by atoms with Gasteiger partial charge in [-0.3, -0.25) is 19.7 Å². The van der Waals surface area contributed by atoms with Crippen LogP contribution in [0.4, 0.5) is 11.4 Å². The zero-order valence-electron chi connectivity index (χ0n) is 18.4. The van der Waals surface area contributed by atoms with Crippen LogP contribution in [0.3, 0.4) is 0 Å². The van der Waals surface area contributed by atoms with Crippen LogP contribution in [-0.4, -0.2) is 46.5 Å². The van der Waals surface area contributed by atoms with E-state index in [0.717, 1.165) is 10.5 Å². The molecule has 10 heteroatoms. The molecule has 0 bridgehead atoms. The molecule has 5 rings (SSSR count). The smallest absolute Gasteiger partial charge is 0.271 e. The summed E-state index contributed by atoms with van der Waals surface area (Å²) in [5.74, 6) is -5.27. The van der Waals surface area contributed by atoms with Crippen molar-refractivity contribution in [3.8, 4) is 5.75 Å². The van der Waals surface area contributed by atoms with Crippen LogP contribution in [0.25, 0.3) is 0 Å². The van der Waals surface area contributed by atoms with Crippen molar-refractivity contribution >= 4 is 23.2 Å². The van der Waals surface area contributed by atoms with E-state index >= 15 is 0 Å². The molecule has 2 saturated heterocycles. The fourth-order valence-electron chi connectivity index (χ4n) is 5.77. The number of ether oxygens (including phenoxy) is 2. The molecule has 2 aromatic carbocycles. The van der Waals surface area contributed by atoms with Gasteiger partial charge in [0.1, 0.15) is 5.75 Å². The van der Waals surface area contributed by atoms with Crippen molar-refractivity contribution in [2.75, 3.05) is 18.6 Å². The maximum atomic E-state index is 13.6. The minimum Gasteiger partial charge on any atom is -0.508 e. The summed E-state index contributed by atoms with van der Waals surface area (Å²) in [7, 11) is 1.49. The molecule has 10 nitrogen and oxygen atoms in total. The number of anilines is 1. The summed E-state index contributed by atoms with van der Waals surface area (Å²) in [6.45, 7) is 0.136. The number of nitro groups is 1. The number of nitrogens with zero attached hydrogens (tertiary/aromatic N) is 2. The van der Waals surface area contributed by atoms with E-state index in [1.165, 1.54) is 43.5 Å². The van der Waals surface area contributed by atoms with Crippen molar-refractivity contribution in [3.05, 3.63) is 64.2 Å². The largest absolute Gasteiger partial charge is 0.508 e. The summed E-state index contributed by atoms with van der Waals surface area (Å²) in [6.07, 6.45) is -0.0580. The summed E-state index contributed by atoms with van der Waals surface area (Å²) < 4.78 is 11.5. The third-order valence-corrected chi connectivity index (χ3v) is 7.30. The zero-order chi connectivity index (χ0) is 24.2. The van der Waals surface area contributed by atoms with E-state index in [1.54, 1.807) is 12.1 Å². The lowest BCUT2D eigenvalue weighted by molar-refractivity contribution is -0.384. The lowest BCUT2D eigenvalue weighted by atomic mass is 9.64. The average Bonchev–Trinajstić information content (AvgIpc) is 3.29. The molecule has 2 heterocycles. The number of methoxy groups -OCH3 is 1. The molecule has 34 heavy (non-hydrogen) atoms. The van der Waals surface area contributed by atoms with E-state index in [4.69, 9.17) is 9.47 Å². The number of aliphatic hydroxyl groups is 1. The Labute approximate surface area is 194 Å². The molecule has 2 amide bonds. The summed E-state index contributed by atoms with van der Waals surface area (Å²) in [5, 5.41) is 32.5. The van der Waals surface area contributed by atoms with Crippen LogP contribution in [0.5, 0.6) is 5.75 Å². The molecule has 2 aliphatic heterocycles. The molecular weight excluding hydrogens is 444 g/mol. The summed E-state index contributed by atoms with van der Waals surface area (Å²) in [5.41, 5.74) is 0.651. The first kappa shape index (κ1) is 22.5. The van der Waals surface area contributed by atoms with E-state index in [1.807, 2.05) is 0 Å². The first-order chi connectivity index (χ1) is 16.2. The third kappa shape index (κ3) is 3.37. The molecule has 0 unspecified atom stereocenters. The Morgan fingerprint density at radius 2 is 1.91 bits per heavy atom. The summed E-state index contributed by atoms with van der Waals surface area (Å²) in [6, 6.07) is 11.9. The molecule has 0 spiro atoms. The van der Waals surface area contributed by atoms with Crippen molar-refractivity contribution in [1.82, 2.24) is 0 Å². The molecule has 3 aliphatic rings. The van der Waals surface area contributed by atoms with Crippen molar-refractivity contribution in [1.29, 1.82) is 0 Å². The Kier molecular flexibility index (Phi) is 5.38. The number of phenols is 1. The van der Waals surface area contributed by atoms with Crippen molar-refractivity contribution < 1.29 is 34.2 Å². The highest BCUT2D eigenvalue weighted by molar-refractivity contribution is 6.22. The molecule has 178 valence electrons. The minimum absolute atomic E-state index is 0.0966. The highest BCUT2D eigenvalue weighted by Gasteiger charge is 2.66. The normalized spacial score (nSPS) is 32.5. The van der Waals surface area contributed by atoms with Crippen LogP contribution >= 0.6 is 0 Å². The van der Waals surface area contributed by atoms with Gasteiger partial charge in [-0.05, 0) is 36.6 Å². The topological polar surface area (TPSA) is 139 Å². The molecule has 6 atom stereocenters. The number of fused-ring (bicyclic) bond motifs is 3.